The van der Waals surface area contributed by atoms with Crippen LogP contribution in [0.2, 0.25) is 0 Å². The molecule has 14 heavy (non-hydrogen) atoms. The lowest BCUT2D eigenvalue weighted by Crippen LogP contribution is -1.92. The lowest BCUT2D eigenvalue weighted by Gasteiger charge is -2.04. The Bertz CT molecular complexity index is 487. The summed E-state index contributed by atoms with van der Waals surface area (Å²) in [5.41, 5.74) is 0.724. The Labute approximate surface area is 88.7 Å². The lowest BCUT2D eigenvalue weighted by molar-refractivity contribution is 0.401. The summed E-state index contributed by atoms with van der Waals surface area (Å²) in [5, 5.41) is 9.99. The van der Waals surface area contributed by atoms with Gasteiger partial charge in [0.25, 0.3) is 0 Å². The van der Waals surface area contributed by atoms with Crippen LogP contribution in [-0.2, 0) is 0 Å². The average molecular weight is 255 g/mol. The molecule has 0 aliphatic carbocycles. The highest BCUT2D eigenvalue weighted by Crippen LogP contribution is 2.26. The van der Waals surface area contributed by atoms with Crippen molar-refractivity contribution in [2.24, 2.45) is 0 Å². The van der Waals surface area contributed by atoms with Crippen molar-refractivity contribution in [2.45, 2.75) is 0 Å². The minimum absolute atomic E-state index is 0.168. The van der Waals surface area contributed by atoms with E-state index in [1.54, 1.807) is 18.2 Å². The Morgan fingerprint density at radius 1 is 1.36 bits per heavy atom. The van der Waals surface area contributed by atoms with E-state index in [9.17, 15) is 5.11 Å². The highest BCUT2D eigenvalue weighted by molar-refractivity contribution is 9.10. The first kappa shape index (κ1) is 9.21. The van der Waals surface area contributed by atoms with Gasteiger partial charge in [-0.1, -0.05) is 0 Å². The van der Waals surface area contributed by atoms with E-state index in [-0.39, 0.29) is 5.75 Å². The Hall–Kier alpha value is -1.36. The molecule has 0 bridgehead atoms. The van der Waals surface area contributed by atoms with Gasteiger partial charge in [-0.25, -0.2) is 4.98 Å². The number of ether oxygens (including phenoxy) is 1. The number of methoxy groups -OCH3 is 1. The fraction of sp³-hybridized carbons (Fsp3) is 0.111. The van der Waals surface area contributed by atoms with Gasteiger partial charge in [0.1, 0.15) is 5.75 Å². The van der Waals surface area contributed by atoms with Gasteiger partial charge in [-0.15, -0.1) is 0 Å². The number of hydrogen-bond acceptors (Lipinski definition) is 4. The van der Waals surface area contributed by atoms with Crippen LogP contribution in [0.3, 0.4) is 0 Å². The normalized spacial score (nSPS) is 10.4. The zero-order valence-electron chi connectivity index (χ0n) is 7.36. The number of fused-ring (bicyclic) bond motifs is 1. The van der Waals surface area contributed by atoms with Gasteiger partial charge >= 0.3 is 0 Å². The number of phenolic OH excluding ortho intramolecular Hbond substituents is 1. The second-order valence-electron chi connectivity index (χ2n) is 2.70. The molecule has 0 aliphatic rings. The molecule has 0 saturated heterocycles. The molecule has 0 unspecified atom stereocenters. The molecule has 1 N–H and O–H groups in total. The molecule has 2 aromatic rings. The minimum Gasteiger partial charge on any atom is -0.508 e. The van der Waals surface area contributed by atoms with Crippen molar-refractivity contribution in [3.63, 3.8) is 0 Å². The van der Waals surface area contributed by atoms with Crippen LogP contribution in [-0.4, -0.2) is 22.2 Å². The zero-order valence-corrected chi connectivity index (χ0v) is 8.95. The summed E-state index contributed by atoms with van der Waals surface area (Å²) in [7, 11) is 1.53. The predicted octanol–water partition coefficient (Wildman–Crippen LogP) is 2.11. The SMILES string of the molecule is COc1nc(Br)nc2ccc(O)cc12. The molecule has 0 fully saturated rings. The summed E-state index contributed by atoms with van der Waals surface area (Å²) in [5.74, 6) is 0.611. The van der Waals surface area contributed by atoms with Crippen molar-refractivity contribution in [3.05, 3.63) is 22.9 Å². The molecule has 0 aliphatic heterocycles. The van der Waals surface area contributed by atoms with Crippen LogP contribution < -0.4 is 4.74 Å². The topological polar surface area (TPSA) is 55.2 Å². The van der Waals surface area contributed by atoms with Crippen molar-refractivity contribution in [3.8, 4) is 11.6 Å². The first-order valence-electron chi connectivity index (χ1n) is 3.91. The van der Waals surface area contributed by atoms with Crippen LogP contribution in [0.5, 0.6) is 11.6 Å². The number of hydrogen-bond donors (Lipinski definition) is 1. The van der Waals surface area contributed by atoms with Crippen LogP contribution in [0, 0.1) is 0 Å². The van der Waals surface area contributed by atoms with E-state index >= 15 is 0 Å². The quantitative estimate of drug-likeness (QED) is 0.793. The molecule has 1 aromatic carbocycles. The maximum atomic E-state index is 9.30. The van der Waals surface area contributed by atoms with Gasteiger partial charge in [-0.3, -0.25) is 0 Å². The van der Waals surface area contributed by atoms with Crippen molar-refractivity contribution in [1.82, 2.24) is 9.97 Å². The van der Waals surface area contributed by atoms with E-state index in [1.165, 1.54) is 7.11 Å². The first-order valence-corrected chi connectivity index (χ1v) is 4.70. The Morgan fingerprint density at radius 3 is 2.86 bits per heavy atom. The third kappa shape index (κ3) is 1.50. The van der Waals surface area contributed by atoms with E-state index in [2.05, 4.69) is 25.9 Å². The molecule has 0 amide bonds. The van der Waals surface area contributed by atoms with Gasteiger partial charge in [-0.05, 0) is 34.1 Å². The number of nitrogens with zero attached hydrogens (tertiary/aromatic N) is 2. The molecule has 0 atom stereocenters. The van der Waals surface area contributed by atoms with E-state index in [1.807, 2.05) is 0 Å². The number of rotatable bonds is 1. The zero-order chi connectivity index (χ0) is 10.1. The van der Waals surface area contributed by atoms with Crippen LogP contribution >= 0.6 is 15.9 Å². The van der Waals surface area contributed by atoms with Crippen molar-refractivity contribution >= 4 is 26.8 Å². The highest BCUT2D eigenvalue weighted by atomic mass is 79.9. The Balaban J connectivity index is 2.81. The third-order valence-corrected chi connectivity index (χ3v) is 2.17. The molecular weight excluding hydrogens is 248 g/mol. The minimum atomic E-state index is 0.168. The largest absolute Gasteiger partial charge is 0.508 e. The molecule has 0 saturated carbocycles. The van der Waals surface area contributed by atoms with Gasteiger partial charge in [0.2, 0.25) is 10.6 Å². The first-order chi connectivity index (χ1) is 6.70. The third-order valence-electron chi connectivity index (χ3n) is 1.81. The van der Waals surface area contributed by atoms with Gasteiger partial charge in [-0.2, -0.15) is 4.98 Å². The maximum absolute atomic E-state index is 9.30. The second kappa shape index (κ2) is 3.42. The number of phenols is 1. The molecule has 2 rings (SSSR count). The van der Waals surface area contributed by atoms with Crippen molar-refractivity contribution in [2.75, 3.05) is 7.11 Å². The van der Waals surface area contributed by atoms with Gasteiger partial charge in [0.15, 0.2) is 0 Å². The molecule has 1 heterocycles. The van der Waals surface area contributed by atoms with Crippen LogP contribution in [0.25, 0.3) is 10.9 Å². The maximum Gasteiger partial charge on any atom is 0.225 e. The molecule has 0 radical (unpaired) electrons. The summed E-state index contributed by atoms with van der Waals surface area (Å²) < 4.78 is 5.54. The molecule has 4 nitrogen and oxygen atoms in total. The number of aromatic nitrogens is 2. The van der Waals surface area contributed by atoms with E-state index in [0.717, 1.165) is 5.52 Å². The molecule has 0 spiro atoms. The predicted molar refractivity (Wildman–Crippen MR) is 55.5 cm³/mol. The fourth-order valence-corrected chi connectivity index (χ4v) is 1.57. The average Bonchev–Trinajstić information content (AvgIpc) is 2.17. The summed E-state index contributed by atoms with van der Waals surface area (Å²) >= 11 is 3.18. The van der Waals surface area contributed by atoms with Crippen molar-refractivity contribution in [1.29, 1.82) is 0 Å². The van der Waals surface area contributed by atoms with Crippen LogP contribution in [0.1, 0.15) is 0 Å². The smallest absolute Gasteiger partial charge is 0.225 e. The molecule has 72 valence electrons. The molecule has 5 heteroatoms. The standard InChI is InChI=1S/C9H7BrN2O2/c1-14-8-6-4-5(13)2-3-7(6)11-9(10)12-8/h2-4,13H,1H3. The van der Waals surface area contributed by atoms with Gasteiger partial charge in [0, 0.05) is 0 Å². The fourth-order valence-electron chi connectivity index (χ4n) is 1.22. The highest BCUT2D eigenvalue weighted by Gasteiger charge is 2.06. The summed E-state index contributed by atoms with van der Waals surface area (Å²) in [4.78, 5) is 8.17. The summed E-state index contributed by atoms with van der Waals surface area (Å²) in [6.45, 7) is 0. The van der Waals surface area contributed by atoms with Crippen LogP contribution in [0.15, 0.2) is 22.9 Å². The summed E-state index contributed by atoms with van der Waals surface area (Å²) in [6, 6.07) is 4.85. The van der Waals surface area contributed by atoms with Gasteiger partial charge < -0.3 is 9.84 Å². The lowest BCUT2D eigenvalue weighted by atomic mass is 10.2. The number of aromatic hydroxyl groups is 1. The van der Waals surface area contributed by atoms with Gasteiger partial charge in [0.05, 0.1) is 18.0 Å². The Morgan fingerprint density at radius 2 is 2.14 bits per heavy atom. The van der Waals surface area contributed by atoms with Crippen LogP contribution in [0.4, 0.5) is 0 Å². The second-order valence-corrected chi connectivity index (χ2v) is 3.41. The van der Waals surface area contributed by atoms with E-state index in [0.29, 0.717) is 16.0 Å². The summed E-state index contributed by atoms with van der Waals surface area (Å²) in [6.07, 6.45) is 0. The van der Waals surface area contributed by atoms with E-state index in [4.69, 9.17) is 4.74 Å². The number of benzene rings is 1. The molecule has 1 aromatic heterocycles. The Kier molecular flexibility index (Phi) is 2.25. The molecular formula is C9H7BrN2O2. The monoisotopic (exact) mass is 254 g/mol. The number of halogens is 1. The van der Waals surface area contributed by atoms with E-state index < -0.39 is 0 Å². The van der Waals surface area contributed by atoms with Crippen molar-refractivity contribution < 1.29 is 9.84 Å².